The minimum atomic E-state index is -4.60. The molecule has 0 saturated heterocycles. The largest absolute Gasteiger partial charge is 0.756 e. The average molecular weight is 783 g/mol. The number of nitrogens with one attached hydrogen (secondary N) is 1. The molecule has 2 unspecified atom stereocenters. The second kappa shape index (κ2) is 35.8. The lowest BCUT2D eigenvalue weighted by Crippen LogP contribution is -2.46. The number of carbonyl (C=O) groups excluding carboxylic acids is 1. The van der Waals surface area contributed by atoms with Gasteiger partial charge in [-0.3, -0.25) is 9.36 Å². The van der Waals surface area contributed by atoms with E-state index in [1.165, 1.54) is 89.9 Å². The molecule has 0 saturated carbocycles. The number of rotatable bonds is 38. The summed E-state index contributed by atoms with van der Waals surface area (Å²) in [6, 6.07) is -0.862. The van der Waals surface area contributed by atoms with Crippen LogP contribution in [0.2, 0.25) is 0 Å². The zero-order valence-corrected chi connectivity index (χ0v) is 36.2. The van der Waals surface area contributed by atoms with Crippen LogP contribution in [0.15, 0.2) is 48.6 Å². The number of quaternary nitrogens is 1. The average Bonchev–Trinajstić information content (AvgIpc) is 3.11. The van der Waals surface area contributed by atoms with Crippen LogP contribution in [0.4, 0.5) is 0 Å². The molecule has 0 aliphatic carbocycles. The van der Waals surface area contributed by atoms with Crippen molar-refractivity contribution < 1.29 is 38.0 Å². The van der Waals surface area contributed by atoms with Gasteiger partial charge in [0.15, 0.2) is 0 Å². The highest BCUT2D eigenvalue weighted by Gasteiger charge is 2.24. The first-order valence-electron chi connectivity index (χ1n) is 21.6. The number of phosphoric acid groups is 1. The van der Waals surface area contributed by atoms with Crippen molar-refractivity contribution in [2.45, 2.75) is 186 Å². The molecule has 4 atom stereocenters. The van der Waals surface area contributed by atoms with Crippen molar-refractivity contribution in [3.8, 4) is 0 Å². The summed E-state index contributed by atoms with van der Waals surface area (Å²) in [6.07, 6.45) is 39.9. The van der Waals surface area contributed by atoms with Crippen LogP contribution in [-0.2, 0) is 18.4 Å². The lowest BCUT2D eigenvalue weighted by atomic mass is 10.0. The van der Waals surface area contributed by atoms with E-state index in [1.54, 1.807) is 6.08 Å². The van der Waals surface area contributed by atoms with Crippen molar-refractivity contribution in [1.82, 2.24) is 5.32 Å². The van der Waals surface area contributed by atoms with Crippen LogP contribution in [0.3, 0.4) is 0 Å². The van der Waals surface area contributed by atoms with Gasteiger partial charge in [-0.15, -0.1) is 0 Å². The molecule has 0 aromatic rings. The zero-order valence-electron chi connectivity index (χ0n) is 35.3. The monoisotopic (exact) mass is 783 g/mol. The number of aliphatic hydroxyl groups excluding tert-OH is 2. The van der Waals surface area contributed by atoms with E-state index in [0.717, 1.165) is 32.1 Å². The van der Waals surface area contributed by atoms with Crippen LogP contribution in [0.1, 0.15) is 168 Å². The number of aliphatic hydroxyl groups is 2. The molecule has 0 rings (SSSR count). The number of amides is 1. The maximum atomic E-state index is 12.8. The summed E-state index contributed by atoms with van der Waals surface area (Å²) in [7, 11) is 1.21. The predicted molar refractivity (Wildman–Crippen MR) is 225 cm³/mol. The Bertz CT molecular complexity index is 1040. The second-order valence-corrected chi connectivity index (χ2v) is 17.3. The summed E-state index contributed by atoms with van der Waals surface area (Å²) < 4.78 is 23.2. The molecule has 0 aliphatic heterocycles. The zero-order chi connectivity index (χ0) is 40.2. The Morgan fingerprint density at radius 2 is 1.28 bits per heavy atom. The summed E-state index contributed by atoms with van der Waals surface area (Å²) in [5.74, 6) is -0.266. The van der Waals surface area contributed by atoms with Crippen LogP contribution in [0.25, 0.3) is 0 Å². The highest BCUT2D eigenvalue weighted by Crippen LogP contribution is 2.38. The van der Waals surface area contributed by atoms with Crippen LogP contribution >= 0.6 is 7.82 Å². The van der Waals surface area contributed by atoms with Gasteiger partial charge in [0, 0.05) is 6.42 Å². The second-order valence-electron chi connectivity index (χ2n) is 15.9. The van der Waals surface area contributed by atoms with E-state index < -0.39 is 26.1 Å². The quantitative estimate of drug-likeness (QED) is 0.0187. The maximum Gasteiger partial charge on any atom is 0.268 e. The van der Waals surface area contributed by atoms with Gasteiger partial charge in [-0.25, -0.2) is 0 Å². The molecule has 0 aromatic heterocycles. The first-order chi connectivity index (χ1) is 25.9. The Labute approximate surface area is 332 Å². The molecule has 0 fully saturated rings. The van der Waals surface area contributed by atoms with Gasteiger partial charge < -0.3 is 34.0 Å². The van der Waals surface area contributed by atoms with Crippen molar-refractivity contribution in [3.63, 3.8) is 0 Å². The fourth-order valence-electron chi connectivity index (χ4n) is 5.88. The summed E-state index contributed by atoms with van der Waals surface area (Å²) in [6.45, 7) is 4.55. The summed E-state index contributed by atoms with van der Waals surface area (Å²) >= 11 is 0. The number of nitrogens with zero attached hydrogens (tertiary/aromatic N) is 1. The molecular weight excluding hydrogens is 699 g/mol. The molecule has 316 valence electrons. The predicted octanol–water partition coefficient (Wildman–Crippen LogP) is 10.0. The van der Waals surface area contributed by atoms with Crippen molar-refractivity contribution in [2.75, 3.05) is 40.9 Å². The number of allylic oxidation sites excluding steroid dienone is 6. The van der Waals surface area contributed by atoms with Crippen LogP contribution in [0, 0.1) is 0 Å². The Morgan fingerprint density at radius 1 is 0.722 bits per heavy atom. The molecule has 0 bridgehead atoms. The number of phosphoric ester groups is 1. The SMILES string of the molecule is CCCCC/C=C\C/C=C\CC(O)/C=C\C=C\CCCC(=O)N[C@@H](COP(=O)([O-])OCC[N+](C)(C)C)[C@H](O)CCCCCCCCCCCCCCCC. The van der Waals surface area contributed by atoms with Crippen LogP contribution in [0.5, 0.6) is 0 Å². The highest BCUT2D eigenvalue weighted by molar-refractivity contribution is 7.45. The maximum absolute atomic E-state index is 12.8. The lowest BCUT2D eigenvalue weighted by molar-refractivity contribution is -0.870. The van der Waals surface area contributed by atoms with E-state index in [9.17, 15) is 24.5 Å². The number of hydrogen-bond donors (Lipinski definition) is 3. The van der Waals surface area contributed by atoms with E-state index in [4.69, 9.17) is 9.05 Å². The minimum Gasteiger partial charge on any atom is -0.756 e. The van der Waals surface area contributed by atoms with E-state index in [-0.39, 0.29) is 25.5 Å². The molecule has 10 heteroatoms. The van der Waals surface area contributed by atoms with Crippen molar-refractivity contribution in [3.05, 3.63) is 48.6 Å². The number of carbonyl (C=O) groups is 1. The molecule has 0 spiro atoms. The van der Waals surface area contributed by atoms with E-state index in [0.29, 0.717) is 36.7 Å². The molecule has 0 radical (unpaired) electrons. The van der Waals surface area contributed by atoms with Crippen molar-refractivity contribution in [1.29, 1.82) is 0 Å². The van der Waals surface area contributed by atoms with E-state index >= 15 is 0 Å². The van der Waals surface area contributed by atoms with Crippen LogP contribution in [-0.4, -0.2) is 79.8 Å². The van der Waals surface area contributed by atoms with Crippen LogP contribution < -0.4 is 10.2 Å². The summed E-state index contributed by atoms with van der Waals surface area (Å²) in [5.41, 5.74) is 0. The summed E-state index contributed by atoms with van der Waals surface area (Å²) in [5, 5.41) is 24.0. The fourth-order valence-corrected chi connectivity index (χ4v) is 6.60. The molecule has 0 heterocycles. The topological polar surface area (TPSA) is 128 Å². The third kappa shape index (κ3) is 37.3. The Morgan fingerprint density at radius 3 is 1.89 bits per heavy atom. The highest BCUT2D eigenvalue weighted by atomic mass is 31.2. The molecule has 0 aromatic carbocycles. The van der Waals surface area contributed by atoms with Gasteiger partial charge in [-0.05, 0) is 44.9 Å². The first-order valence-corrected chi connectivity index (χ1v) is 23.1. The smallest absolute Gasteiger partial charge is 0.268 e. The Hall–Kier alpha value is -1.58. The van der Waals surface area contributed by atoms with Gasteiger partial charge in [-0.1, -0.05) is 165 Å². The minimum absolute atomic E-state index is 0.0151. The third-order valence-corrected chi connectivity index (χ3v) is 10.4. The number of likely N-dealkylation sites (N-methyl/N-ethyl adjacent to an activating group) is 1. The molecule has 3 N–H and O–H groups in total. The van der Waals surface area contributed by atoms with Gasteiger partial charge in [0.25, 0.3) is 7.82 Å². The Kier molecular flexibility index (Phi) is 34.8. The molecule has 1 amide bonds. The Balaban J connectivity index is 4.60. The van der Waals surface area contributed by atoms with Gasteiger partial charge in [-0.2, -0.15) is 0 Å². The molecular formula is C44H83N2O7P. The van der Waals surface area contributed by atoms with Gasteiger partial charge >= 0.3 is 0 Å². The fraction of sp³-hybridized carbons (Fsp3) is 0.795. The van der Waals surface area contributed by atoms with Crippen molar-refractivity contribution >= 4 is 13.7 Å². The lowest BCUT2D eigenvalue weighted by Gasteiger charge is -2.30. The molecule has 0 aliphatic rings. The third-order valence-electron chi connectivity index (χ3n) is 9.40. The molecule has 54 heavy (non-hydrogen) atoms. The number of unbranched alkanes of at least 4 members (excludes halogenated alkanes) is 17. The first kappa shape index (κ1) is 52.4. The van der Waals surface area contributed by atoms with E-state index in [1.807, 2.05) is 45.4 Å². The standard InChI is InChI=1S/C44H83N2O7P/c1-6-8-10-12-14-16-17-18-19-20-22-24-28-32-36-43(48)42(40-53-54(50,51)52-39-38-46(3,4)5)45-44(49)37-33-29-25-27-31-35-41(47)34-30-26-23-21-15-13-11-9-7-2/h15,21,25-27,30-31,35,41-43,47-48H,6-14,16-20,22-24,28-29,32-34,36-40H2,1-5H3,(H-,45,49,50,51)/b21-15-,27-25+,30-26-,35-31-/t41?,42-,43+/m0/s1. The molecule has 9 nitrogen and oxygen atoms in total. The number of hydrogen-bond acceptors (Lipinski definition) is 7. The van der Waals surface area contributed by atoms with Crippen molar-refractivity contribution in [2.24, 2.45) is 0 Å². The van der Waals surface area contributed by atoms with Gasteiger partial charge in [0.05, 0.1) is 46.0 Å². The summed E-state index contributed by atoms with van der Waals surface area (Å²) in [4.78, 5) is 25.3. The van der Waals surface area contributed by atoms with Gasteiger partial charge in [0.1, 0.15) is 13.2 Å². The van der Waals surface area contributed by atoms with Gasteiger partial charge in [0.2, 0.25) is 5.91 Å². The normalized spacial score (nSPS) is 15.5. The van der Waals surface area contributed by atoms with E-state index in [2.05, 4.69) is 37.4 Å².